The van der Waals surface area contributed by atoms with Crippen molar-refractivity contribution in [1.29, 1.82) is 0 Å². The molecule has 1 saturated heterocycles. The molecule has 0 unspecified atom stereocenters. The molecule has 0 spiro atoms. The topological polar surface area (TPSA) is 32.8 Å². The SMILES string of the molecule is COc1ccccc1N1CCN(C(=O)/C=C/c2ccc(Br)cc2)CC1. The van der Waals surface area contributed by atoms with Crippen LogP contribution >= 0.6 is 15.9 Å². The molecule has 0 saturated carbocycles. The highest BCUT2D eigenvalue weighted by Gasteiger charge is 2.21. The van der Waals surface area contributed by atoms with Gasteiger partial charge in [0.1, 0.15) is 5.75 Å². The molecule has 1 aliphatic heterocycles. The number of benzene rings is 2. The zero-order valence-electron chi connectivity index (χ0n) is 14.2. The van der Waals surface area contributed by atoms with Crippen LogP contribution in [0, 0.1) is 0 Å². The fraction of sp³-hybridized carbons (Fsp3) is 0.250. The summed E-state index contributed by atoms with van der Waals surface area (Å²) in [5.74, 6) is 0.931. The van der Waals surface area contributed by atoms with E-state index in [-0.39, 0.29) is 5.91 Å². The summed E-state index contributed by atoms with van der Waals surface area (Å²) in [6, 6.07) is 15.9. The number of para-hydroxylation sites is 2. The van der Waals surface area contributed by atoms with Crippen molar-refractivity contribution < 1.29 is 9.53 Å². The standard InChI is InChI=1S/C20H21BrN2O2/c1-25-19-5-3-2-4-18(19)22-12-14-23(15-13-22)20(24)11-8-16-6-9-17(21)10-7-16/h2-11H,12-15H2,1H3/b11-8+. The predicted molar refractivity (Wildman–Crippen MR) is 105 cm³/mol. The van der Waals surface area contributed by atoms with E-state index in [0.29, 0.717) is 13.1 Å². The number of nitrogens with zero attached hydrogens (tertiary/aromatic N) is 2. The Hall–Kier alpha value is -2.27. The van der Waals surface area contributed by atoms with Gasteiger partial charge in [-0.3, -0.25) is 4.79 Å². The summed E-state index contributed by atoms with van der Waals surface area (Å²) in [6.07, 6.45) is 3.52. The average Bonchev–Trinajstić information content (AvgIpc) is 2.67. The summed E-state index contributed by atoms with van der Waals surface area (Å²) in [7, 11) is 1.69. The van der Waals surface area contributed by atoms with Crippen molar-refractivity contribution in [3.8, 4) is 5.75 Å². The van der Waals surface area contributed by atoms with Gasteiger partial charge in [-0.1, -0.05) is 40.2 Å². The van der Waals surface area contributed by atoms with Gasteiger partial charge in [-0.25, -0.2) is 0 Å². The lowest BCUT2D eigenvalue weighted by atomic mass is 10.2. The zero-order valence-corrected chi connectivity index (χ0v) is 15.8. The Kier molecular flexibility index (Phi) is 5.76. The molecule has 3 rings (SSSR count). The van der Waals surface area contributed by atoms with Crippen molar-refractivity contribution in [2.24, 2.45) is 0 Å². The molecule has 0 radical (unpaired) electrons. The number of halogens is 1. The molecule has 0 aromatic heterocycles. The maximum atomic E-state index is 12.4. The lowest BCUT2D eigenvalue weighted by Gasteiger charge is -2.36. The monoisotopic (exact) mass is 400 g/mol. The van der Waals surface area contributed by atoms with E-state index in [0.717, 1.165) is 34.6 Å². The van der Waals surface area contributed by atoms with E-state index in [9.17, 15) is 4.79 Å². The number of piperazine rings is 1. The number of amides is 1. The smallest absolute Gasteiger partial charge is 0.246 e. The van der Waals surface area contributed by atoms with Crippen LogP contribution in [0.4, 0.5) is 5.69 Å². The molecular formula is C20H21BrN2O2. The van der Waals surface area contributed by atoms with E-state index >= 15 is 0 Å². The molecule has 5 heteroatoms. The first kappa shape index (κ1) is 17.5. The second-order valence-electron chi connectivity index (χ2n) is 5.87. The van der Waals surface area contributed by atoms with Crippen molar-refractivity contribution in [1.82, 2.24) is 4.90 Å². The largest absolute Gasteiger partial charge is 0.495 e. The number of methoxy groups -OCH3 is 1. The van der Waals surface area contributed by atoms with Crippen molar-refractivity contribution in [2.75, 3.05) is 38.2 Å². The van der Waals surface area contributed by atoms with E-state index in [4.69, 9.17) is 4.74 Å². The van der Waals surface area contributed by atoms with E-state index in [1.165, 1.54) is 0 Å². The lowest BCUT2D eigenvalue weighted by molar-refractivity contribution is -0.126. The number of carbonyl (C=O) groups excluding carboxylic acids is 1. The Bertz CT molecular complexity index is 751. The Labute approximate surface area is 156 Å². The minimum atomic E-state index is 0.0580. The van der Waals surface area contributed by atoms with E-state index in [1.807, 2.05) is 53.4 Å². The lowest BCUT2D eigenvalue weighted by Crippen LogP contribution is -2.48. The highest BCUT2D eigenvalue weighted by molar-refractivity contribution is 9.10. The molecule has 0 aliphatic carbocycles. The maximum Gasteiger partial charge on any atom is 0.246 e. The van der Waals surface area contributed by atoms with E-state index in [2.05, 4.69) is 26.9 Å². The summed E-state index contributed by atoms with van der Waals surface area (Å²) in [6.45, 7) is 3.03. The second-order valence-corrected chi connectivity index (χ2v) is 6.78. The first-order valence-corrected chi connectivity index (χ1v) is 9.07. The van der Waals surface area contributed by atoms with Gasteiger partial charge in [0.15, 0.2) is 0 Å². The van der Waals surface area contributed by atoms with Gasteiger partial charge in [-0.2, -0.15) is 0 Å². The molecule has 0 bridgehead atoms. The van der Waals surface area contributed by atoms with Gasteiger partial charge in [0, 0.05) is 36.7 Å². The molecule has 1 aliphatic rings. The van der Waals surface area contributed by atoms with Crippen molar-refractivity contribution in [3.63, 3.8) is 0 Å². The maximum absolute atomic E-state index is 12.4. The molecule has 1 amide bonds. The first-order chi connectivity index (χ1) is 12.2. The third-order valence-electron chi connectivity index (χ3n) is 4.31. The van der Waals surface area contributed by atoms with E-state index in [1.54, 1.807) is 13.2 Å². The number of hydrogen-bond acceptors (Lipinski definition) is 3. The molecule has 4 nitrogen and oxygen atoms in total. The highest BCUT2D eigenvalue weighted by atomic mass is 79.9. The highest BCUT2D eigenvalue weighted by Crippen LogP contribution is 2.28. The molecule has 130 valence electrons. The summed E-state index contributed by atoms with van der Waals surface area (Å²) in [5.41, 5.74) is 2.10. The van der Waals surface area contributed by atoms with Crippen molar-refractivity contribution >= 4 is 33.6 Å². The molecular weight excluding hydrogens is 380 g/mol. The van der Waals surface area contributed by atoms with Gasteiger partial charge in [0.2, 0.25) is 5.91 Å². The zero-order chi connectivity index (χ0) is 17.6. The fourth-order valence-corrected chi connectivity index (χ4v) is 3.17. The van der Waals surface area contributed by atoms with Gasteiger partial charge in [-0.15, -0.1) is 0 Å². The van der Waals surface area contributed by atoms with Crippen LogP contribution in [0.2, 0.25) is 0 Å². The minimum absolute atomic E-state index is 0.0580. The van der Waals surface area contributed by atoms with Crippen LogP contribution in [-0.2, 0) is 4.79 Å². The Morgan fingerprint density at radius 1 is 1.04 bits per heavy atom. The molecule has 0 N–H and O–H groups in total. The number of carbonyl (C=O) groups is 1. The molecule has 0 atom stereocenters. The van der Waals surface area contributed by atoms with E-state index < -0.39 is 0 Å². The van der Waals surface area contributed by atoms with Crippen LogP contribution in [-0.4, -0.2) is 44.1 Å². The molecule has 2 aromatic carbocycles. The van der Waals surface area contributed by atoms with Crippen LogP contribution in [0.15, 0.2) is 59.1 Å². The van der Waals surface area contributed by atoms with Crippen LogP contribution in [0.5, 0.6) is 5.75 Å². The van der Waals surface area contributed by atoms with Gasteiger partial charge in [0.25, 0.3) is 0 Å². The molecule has 1 heterocycles. The summed E-state index contributed by atoms with van der Waals surface area (Å²) in [4.78, 5) is 16.5. The van der Waals surface area contributed by atoms with Gasteiger partial charge in [0.05, 0.1) is 12.8 Å². The van der Waals surface area contributed by atoms with Crippen molar-refractivity contribution in [3.05, 3.63) is 64.6 Å². The molecule has 1 fully saturated rings. The van der Waals surface area contributed by atoms with Gasteiger partial charge in [-0.05, 0) is 35.9 Å². The number of rotatable bonds is 4. The van der Waals surface area contributed by atoms with Crippen LogP contribution in [0.25, 0.3) is 6.08 Å². The minimum Gasteiger partial charge on any atom is -0.495 e. The summed E-state index contributed by atoms with van der Waals surface area (Å²) < 4.78 is 6.46. The Morgan fingerprint density at radius 3 is 2.40 bits per heavy atom. The summed E-state index contributed by atoms with van der Waals surface area (Å²) >= 11 is 3.41. The van der Waals surface area contributed by atoms with Gasteiger partial charge < -0.3 is 14.5 Å². The second kappa shape index (κ2) is 8.21. The Morgan fingerprint density at radius 2 is 1.72 bits per heavy atom. The quantitative estimate of drug-likeness (QED) is 0.731. The number of ether oxygens (including phenoxy) is 1. The van der Waals surface area contributed by atoms with Crippen LogP contribution in [0.1, 0.15) is 5.56 Å². The molecule has 2 aromatic rings. The first-order valence-electron chi connectivity index (χ1n) is 8.28. The fourth-order valence-electron chi connectivity index (χ4n) is 2.91. The summed E-state index contributed by atoms with van der Waals surface area (Å²) in [5, 5.41) is 0. The molecule has 25 heavy (non-hydrogen) atoms. The number of hydrogen-bond donors (Lipinski definition) is 0. The third kappa shape index (κ3) is 4.42. The normalized spacial score (nSPS) is 14.8. The number of anilines is 1. The van der Waals surface area contributed by atoms with Crippen molar-refractivity contribution in [2.45, 2.75) is 0 Å². The third-order valence-corrected chi connectivity index (χ3v) is 4.83. The Balaban J connectivity index is 1.58. The van der Waals surface area contributed by atoms with Crippen LogP contribution in [0.3, 0.4) is 0 Å². The van der Waals surface area contributed by atoms with Crippen LogP contribution < -0.4 is 9.64 Å². The predicted octanol–water partition coefficient (Wildman–Crippen LogP) is 3.82. The van der Waals surface area contributed by atoms with Gasteiger partial charge >= 0.3 is 0 Å². The average molecular weight is 401 g/mol.